The summed E-state index contributed by atoms with van der Waals surface area (Å²) in [6.45, 7) is 13.8. The summed E-state index contributed by atoms with van der Waals surface area (Å²) in [6, 6.07) is 4.20. The second kappa shape index (κ2) is 8.07. The van der Waals surface area contributed by atoms with E-state index in [1.807, 2.05) is 7.05 Å². The average Bonchev–Trinajstić information content (AvgIpc) is 2.91. The Balaban J connectivity index is 0.00000312. The smallest absolute Gasteiger partial charge is 0.123 e. The number of phenols is 1. The van der Waals surface area contributed by atoms with Crippen LogP contribution in [0.2, 0.25) is 0 Å². The number of nitrogens with zero attached hydrogens (tertiary/aromatic N) is 1. The van der Waals surface area contributed by atoms with Gasteiger partial charge in [-0.25, -0.2) is 4.98 Å². The van der Waals surface area contributed by atoms with Crippen LogP contribution in [-0.4, -0.2) is 23.7 Å². The van der Waals surface area contributed by atoms with Gasteiger partial charge in [0.2, 0.25) is 0 Å². The van der Waals surface area contributed by atoms with Gasteiger partial charge in [0.15, 0.2) is 0 Å². The average molecular weight is 383 g/mol. The number of likely N-dealkylation sites (N-methyl/N-ethyl adjacent to an activating group) is 1. The van der Waals surface area contributed by atoms with Gasteiger partial charge >= 0.3 is 0 Å². The predicted octanol–water partition coefficient (Wildman–Crippen LogP) is 5.29. The highest BCUT2D eigenvalue weighted by Gasteiger charge is 2.27. The summed E-state index contributed by atoms with van der Waals surface area (Å²) < 4.78 is 0. The third-order valence-electron chi connectivity index (χ3n) is 4.16. The zero-order valence-electron chi connectivity index (χ0n) is 16.4. The second-order valence-electron chi connectivity index (χ2n) is 8.40. The third-order valence-corrected chi connectivity index (χ3v) is 5.07. The van der Waals surface area contributed by atoms with Crippen molar-refractivity contribution in [3.63, 3.8) is 0 Å². The lowest BCUT2D eigenvalue weighted by atomic mass is 9.78. The van der Waals surface area contributed by atoms with Crippen LogP contribution >= 0.6 is 23.7 Å². The van der Waals surface area contributed by atoms with Crippen molar-refractivity contribution >= 4 is 23.7 Å². The van der Waals surface area contributed by atoms with Gasteiger partial charge in [-0.2, -0.15) is 0 Å². The number of phenolic OH excluding ortho intramolecular Hbond substituents is 1. The molecule has 0 saturated heterocycles. The molecule has 1 aromatic carbocycles. The first-order valence-electron chi connectivity index (χ1n) is 8.51. The van der Waals surface area contributed by atoms with Crippen molar-refractivity contribution in [3.05, 3.63) is 33.6 Å². The fourth-order valence-electron chi connectivity index (χ4n) is 2.72. The number of aromatic nitrogens is 1. The molecule has 0 radical (unpaired) electrons. The van der Waals surface area contributed by atoms with Crippen LogP contribution in [0.4, 0.5) is 0 Å². The first kappa shape index (κ1) is 21.9. The van der Waals surface area contributed by atoms with Crippen molar-refractivity contribution in [1.29, 1.82) is 0 Å². The Morgan fingerprint density at radius 2 is 1.56 bits per heavy atom. The third kappa shape index (κ3) is 5.19. The van der Waals surface area contributed by atoms with Crippen molar-refractivity contribution in [2.24, 2.45) is 0 Å². The molecule has 2 rings (SSSR count). The molecule has 0 aliphatic heterocycles. The van der Waals surface area contributed by atoms with E-state index in [2.05, 4.69) is 64.4 Å². The van der Waals surface area contributed by atoms with E-state index in [-0.39, 0.29) is 23.2 Å². The Morgan fingerprint density at radius 1 is 1.04 bits per heavy atom. The molecule has 2 N–H and O–H groups in total. The molecule has 0 aliphatic rings. The lowest BCUT2D eigenvalue weighted by Crippen LogP contribution is -2.17. The molecular formula is C20H31ClN2OS. The Morgan fingerprint density at radius 3 is 2.00 bits per heavy atom. The van der Waals surface area contributed by atoms with Gasteiger partial charge in [0.1, 0.15) is 5.75 Å². The van der Waals surface area contributed by atoms with Gasteiger partial charge in [0.25, 0.3) is 0 Å². The minimum atomic E-state index is -0.120. The van der Waals surface area contributed by atoms with Crippen molar-refractivity contribution in [2.45, 2.75) is 58.8 Å². The van der Waals surface area contributed by atoms with E-state index in [1.54, 1.807) is 11.3 Å². The van der Waals surface area contributed by atoms with Gasteiger partial charge in [-0.05, 0) is 30.0 Å². The van der Waals surface area contributed by atoms with Crippen LogP contribution in [0.15, 0.2) is 17.5 Å². The van der Waals surface area contributed by atoms with E-state index >= 15 is 0 Å². The van der Waals surface area contributed by atoms with Crippen LogP contribution in [0.25, 0.3) is 11.3 Å². The molecule has 0 fully saturated rings. The maximum atomic E-state index is 10.8. The van der Waals surface area contributed by atoms with Gasteiger partial charge in [-0.3, -0.25) is 0 Å². The predicted molar refractivity (Wildman–Crippen MR) is 111 cm³/mol. The SMILES string of the molecule is CNCCc1nc(-c2cc(C(C)(C)C)c(O)c(C(C)(C)C)c2)cs1.Cl. The normalized spacial score (nSPS) is 12.1. The maximum Gasteiger partial charge on any atom is 0.123 e. The Hall–Kier alpha value is -1.10. The molecule has 0 aliphatic carbocycles. The minimum absolute atomic E-state index is 0. The van der Waals surface area contributed by atoms with Crippen LogP contribution in [0, 0.1) is 0 Å². The van der Waals surface area contributed by atoms with Gasteiger partial charge < -0.3 is 10.4 Å². The molecule has 3 nitrogen and oxygen atoms in total. The highest BCUT2D eigenvalue weighted by molar-refractivity contribution is 7.09. The largest absolute Gasteiger partial charge is 0.507 e. The monoisotopic (exact) mass is 382 g/mol. The molecule has 1 aromatic heterocycles. The Labute approximate surface area is 162 Å². The molecule has 0 amide bonds. The number of hydrogen-bond donors (Lipinski definition) is 2. The maximum absolute atomic E-state index is 10.8. The molecular weight excluding hydrogens is 352 g/mol. The lowest BCUT2D eigenvalue weighted by Gasteiger charge is -2.28. The summed E-state index contributed by atoms with van der Waals surface area (Å²) in [4.78, 5) is 4.79. The molecule has 1 heterocycles. The Bertz CT molecular complexity index is 676. The summed E-state index contributed by atoms with van der Waals surface area (Å²) in [7, 11) is 1.96. The molecule has 25 heavy (non-hydrogen) atoms. The molecule has 5 heteroatoms. The second-order valence-corrected chi connectivity index (χ2v) is 9.34. The van der Waals surface area contributed by atoms with Gasteiger partial charge in [-0.1, -0.05) is 41.5 Å². The van der Waals surface area contributed by atoms with Crippen molar-refractivity contribution in [3.8, 4) is 17.0 Å². The van der Waals surface area contributed by atoms with Gasteiger partial charge in [0.05, 0.1) is 10.7 Å². The topological polar surface area (TPSA) is 45.2 Å². The summed E-state index contributed by atoms with van der Waals surface area (Å²) in [5.74, 6) is 0.421. The van der Waals surface area contributed by atoms with E-state index in [0.29, 0.717) is 5.75 Å². The van der Waals surface area contributed by atoms with E-state index in [4.69, 9.17) is 4.98 Å². The fourth-order valence-corrected chi connectivity index (χ4v) is 3.52. The van der Waals surface area contributed by atoms with Crippen molar-refractivity contribution < 1.29 is 5.11 Å². The number of benzene rings is 1. The summed E-state index contributed by atoms with van der Waals surface area (Å²) in [6.07, 6.45) is 0.942. The summed E-state index contributed by atoms with van der Waals surface area (Å²) >= 11 is 1.70. The molecule has 0 bridgehead atoms. The van der Waals surface area contributed by atoms with E-state index in [1.165, 1.54) is 0 Å². The van der Waals surface area contributed by atoms with Crippen LogP contribution in [0.1, 0.15) is 57.7 Å². The Kier molecular flexibility index (Phi) is 7.08. The lowest BCUT2D eigenvalue weighted by molar-refractivity contribution is 0.423. The quantitative estimate of drug-likeness (QED) is 0.754. The summed E-state index contributed by atoms with van der Waals surface area (Å²) in [5, 5.41) is 17.3. The van der Waals surface area contributed by atoms with Gasteiger partial charge in [0, 0.05) is 35.0 Å². The highest BCUT2D eigenvalue weighted by atomic mass is 35.5. The van der Waals surface area contributed by atoms with E-state index < -0.39 is 0 Å². The molecule has 2 aromatic rings. The van der Waals surface area contributed by atoms with Crippen LogP contribution in [-0.2, 0) is 17.3 Å². The molecule has 0 saturated carbocycles. The highest BCUT2D eigenvalue weighted by Crippen LogP contribution is 2.42. The minimum Gasteiger partial charge on any atom is -0.507 e. The number of halogens is 1. The van der Waals surface area contributed by atoms with Crippen LogP contribution in [0.5, 0.6) is 5.75 Å². The van der Waals surface area contributed by atoms with Gasteiger partial charge in [-0.15, -0.1) is 23.7 Å². The van der Waals surface area contributed by atoms with E-state index in [0.717, 1.165) is 40.4 Å². The van der Waals surface area contributed by atoms with Crippen LogP contribution < -0.4 is 5.32 Å². The van der Waals surface area contributed by atoms with Crippen molar-refractivity contribution in [1.82, 2.24) is 10.3 Å². The van der Waals surface area contributed by atoms with Crippen LogP contribution in [0.3, 0.4) is 0 Å². The standard InChI is InChI=1S/C20H30N2OS.ClH/c1-19(2,3)14-10-13(11-15(18(14)23)20(4,5)6)16-12-24-17(22-16)8-9-21-7;/h10-12,21,23H,8-9H2,1-7H3;1H. The molecule has 0 unspecified atom stereocenters. The number of rotatable bonds is 4. The number of thiazole rings is 1. The fraction of sp³-hybridized carbons (Fsp3) is 0.550. The number of hydrogen-bond acceptors (Lipinski definition) is 4. The summed E-state index contributed by atoms with van der Waals surface area (Å²) in [5.41, 5.74) is 3.82. The first-order chi connectivity index (χ1) is 11.0. The molecule has 140 valence electrons. The zero-order valence-corrected chi connectivity index (χ0v) is 18.0. The van der Waals surface area contributed by atoms with Crippen molar-refractivity contribution in [2.75, 3.05) is 13.6 Å². The van der Waals surface area contributed by atoms with E-state index in [9.17, 15) is 5.11 Å². The molecule has 0 spiro atoms. The molecule has 0 atom stereocenters. The zero-order chi connectivity index (χ0) is 18.1. The number of aromatic hydroxyl groups is 1. The first-order valence-corrected chi connectivity index (χ1v) is 9.39. The number of nitrogens with one attached hydrogen (secondary N) is 1.